The van der Waals surface area contributed by atoms with Crippen LogP contribution in [0.5, 0.6) is 5.75 Å². The van der Waals surface area contributed by atoms with Crippen LogP contribution in [0, 0.1) is 0 Å². The smallest absolute Gasteiger partial charge is 0.255 e. The van der Waals surface area contributed by atoms with Crippen LogP contribution in [0.3, 0.4) is 0 Å². The molecule has 3 atom stereocenters. The summed E-state index contributed by atoms with van der Waals surface area (Å²) in [6.45, 7) is 9.20. The first-order valence-corrected chi connectivity index (χ1v) is 9.41. The number of benzene rings is 1. The van der Waals surface area contributed by atoms with Gasteiger partial charge < -0.3 is 20.3 Å². The number of ether oxygens (including phenoxy) is 1. The van der Waals surface area contributed by atoms with Crippen LogP contribution in [0.1, 0.15) is 49.5 Å². The second-order valence-corrected chi connectivity index (χ2v) is 8.35. The molecule has 1 aliphatic heterocycles. The van der Waals surface area contributed by atoms with Gasteiger partial charge in [-0.25, -0.2) is 0 Å². The molecule has 0 aromatic heterocycles. The summed E-state index contributed by atoms with van der Waals surface area (Å²) in [6, 6.07) is 4.90. The normalized spacial score (nSPS) is 27.5. The first-order valence-electron chi connectivity index (χ1n) is 9.41. The predicted molar refractivity (Wildman–Crippen MR) is 99.5 cm³/mol. The summed E-state index contributed by atoms with van der Waals surface area (Å²) in [6.07, 6.45) is 0.972. The predicted octanol–water partition coefficient (Wildman–Crippen LogP) is 1.64. The number of carbonyl (C=O) groups is 1. The zero-order chi connectivity index (χ0) is 18.9. The molecular formula is C20H30N2O4. The van der Waals surface area contributed by atoms with E-state index in [-0.39, 0.29) is 34.7 Å². The molecule has 0 unspecified atom stereocenters. The van der Waals surface area contributed by atoms with Gasteiger partial charge in [0.25, 0.3) is 5.91 Å². The molecule has 2 aliphatic rings. The Hall–Kier alpha value is -1.63. The van der Waals surface area contributed by atoms with Crippen molar-refractivity contribution in [2.75, 3.05) is 26.3 Å². The van der Waals surface area contributed by atoms with Crippen molar-refractivity contribution in [3.05, 3.63) is 29.3 Å². The quantitative estimate of drug-likeness (QED) is 0.762. The summed E-state index contributed by atoms with van der Waals surface area (Å²) in [4.78, 5) is 15.0. The molecule has 1 heterocycles. The SMILES string of the molecule is CC(C)(C)c1ccc(O)c(C(=O)N[C@@H]2CC[C@@H](N3CCOCC3)[C@@H]2O)c1. The van der Waals surface area contributed by atoms with Gasteiger partial charge in [-0.15, -0.1) is 0 Å². The number of carbonyl (C=O) groups excluding carboxylic acids is 1. The topological polar surface area (TPSA) is 82.0 Å². The number of morpholine rings is 1. The first-order chi connectivity index (χ1) is 12.3. The molecule has 0 bridgehead atoms. The van der Waals surface area contributed by atoms with Crippen LogP contribution in [-0.4, -0.2) is 65.5 Å². The molecule has 3 rings (SSSR count). The number of hydrogen-bond acceptors (Lipinski definition) is 5. The fourth-order valence-corrected chi connectivity index (χ4v) is 3.86. The van der Waals surface area contributed by atoms with Crippen LogP contribution in [-0.2, 0) is 10.2 Å². The molecule has 0 radical (unpaired) electrons. The van der Waals surface area contributed by atoms with Crippen molar-refractivity contribution in [2.45, 2.75) is 57.2 Å². The molecule has 1 aromatic carbocycles. The van der Waals surface area contributed by atoms with E-state index >= 15 is 0 Å². The molecule has 1 saturated carbocycles. The molecule has 144 valence electrons. The monoisotopic (exact) mass is 362 g/mol. The largest absolute Gasteiger partial charge is 0.507 e. The zero-order valence-electron chi connectivity index (χ0n) is 15.9. The van der Waals surface area contributed by atoms with Gasteiger partial charge in [-0.05, 0) is 36.0 Å². The van der Waals surface area contributed by atoms with E-state index in [9.17, 15) is 15.0 Å². The number of amides is 1. The van der Waals surface area contributed by atoms with E-state index in [1.165, 1.54) is 0 Å². The van der Waals surface area contributed by atoms with E-state index in [4.69, 9.17) is 4.74 Å². The fraction of sp³-hybridized carbons (Fsp3) is 0.650. The molecule has 6 nitrogen and oxygen atoms in total. The van der Waals surface area contributed by atoms with Crippen LogP contribution in [0.25, 0.3) is 0 Å². The molecule has 26 heavy (non-hydrogen) atoms. The second kappa shape index (κ2) is 7.55. The number of nitrogens with zero attached hydrogens (tertiary/aromatic N) is 1. The average molecular weight is 362 g/mol. The van der Waals surface area contributed by atoms with E-state index in [1.807, 2.05) is 6.07 Å². The van der Waals surface area contributed by atoms with Crippen LogP contribution < -0.4 is 5.32 Å². The standard InChI is InChI=1S/C20H30N2O4/c1-20(2,3)13-4-7-17(23)14(12-13)19(25)21-15-5-6-16(18(15)24)22-8-10-26-11-9-22/h4,7,12,15-16,18,23-24H,5-6,8-11H2,1-3H3,(H,21,25)/t15-,16-,18-/m1/s1. The Labute approximate surface area is 155 Å². The van der Waals surface area contributed by atoms with Crippen molar-refractivity contribution < 1.29 is 19.7 Å². The van der Waals surface area contributed by atoms with Crippen molar-refractivity contribution >= 4 is 5.91 Å². The van der Waals surface area contributed by atoms with Gasteiger partial charge in [0.05, 0.1) is 30.9 Å². The lowest BCUT2D eigenvalue weighted by atomic mass is 9.86. The second-order valence-electron chi connectivity index (χ2n) is 8.35. The van der Waals surface area contributed by atoms with Gasteiger partial charge >= 0.3 is 0 Å². The average Bonchev–Trinajstić information content (AvgIpc) is 2.95. The molecule has 1 aliphatic carbocycles. The minimum Gasteiger partial charge on any atom is -0.507 e. The summed E-state index contributed by atoms with van der Waals surface area (Å²) in [5.41, 5.74) is 1.13. The van der Waals surface area contributed by atoms with Crippen LogP contribution in [0.2, 0.25) is 0 Å². The van der Waals surface area contributed by atoms with Gasteiger partial charge in [0.2, 0.25) is 0 Å². The van der Waals surface area contributed by atoms with Crippen LogP contribution >= 0.6 is 0 Å². The van der Waals surface area contributed by atoms with E-state index in [0.717, 1.165) is 31.5 Å². The fourth-order valence-electron chi connectivity index (χ4n) is 3.86. The number of aliphatic hydroxyl groups excluding tert-OH is 1. The maximum Gasteiger partial charge on any atom is 0.255 e. The highest BCUT2D eigenvalue weighted by atomic mass is 16.5. The number of rotatable bonds is 3. The third-order valence-corrected chi connectivity index (χ3v) is 5.52. The minimum atomic E-state index is -0.606. The molecule has 1 saturated heterocycles. The lowest BCUT2D eigenvalue weighted by Gasteiger charge is -2.34. The maximum absolute atomic E-state index is 12.7. The van der Waals surface area contributed by atoms with E-state index < -0.39 is 6.10 Å². The molecular weight excluding hydrogens is 332 g/mol. The Morgan fingerprint density at radius 3 is 2.58 bits per heavy atom. The van der Waals surface area contributed by atoms with Gasteiger partial charge in [0.15, 0.2) is 0 Å². The zero-order valence-corrected chi connectivity index (χ0v) is 15.9. The van der Waals surface area contributed by atoms with Crippen molar-refractivity contribution in [3.63, 3.8) is 0 Å². The van der Waals surface area contributed by atoms with Crippen LogP contribution in [0.4, 0.5) is 0 Å². The highest BCUT2D eigenvalue weighted by molar-refractivity contribution is 5.97. The Bertz CT molecular complexity index is 650. The molecule has 0 spiro atoms. The van der Waals surface area contributed by atoms with E-state index in [1.54, 1.807) is 12.1 Å². The van der Waals surface area contributed by atoms with Gasteiger partial charge in [-0.1, -0.05) is 26.8 Å². The molecule has 6 heteroatoms. The number of hydrogen-bond donors (Lipinski definition) is 3. The highest BCUT2D eigenvalue weighted by Gasteiger charge is 2.39. The number of aromatic hydroxyl groups is 1. The van der Waals surface area contributed by atoms with Gasteiger partial charge in [0, 0.05) is 19.1 Å². The highest BCUT2D eigenvalue weighted by Crippen LogP contribution is 2.29. The minimum absolute atomic E-state index is 0.0345. The van der Waals surface area contributed by atoms with Crippen molar-refractivity contribution in [3.8, 4) is 5.75 Å². The number of phenolic OH excluding ortho intramolecular Hbond substituents is 1. The summed E-state index contributed by atoms with van der Waals surface area (Å²) >= 11 is 0. The number of aliphatic hydroxyl groups is 1. The molecule has 1 amide bonds. The Kier molecular flexibility index (Phi) is 5.55. The Balaban J connectivity index is 1.68. The van der Waals surface area contributed by atoms with Crippen molar-refractivity contribution in [1.29, 1.82) is 0 Å². The van der Waals surface area contributed by atoms with Crippen molar-refractivity contribution in [2.24, 2.45) is 0 Å². The molecule has 3 N–H and O–H groups in total. The van der Waals surface area contributed by atoms with Crippen LogP contribution in [0.15, 0.2) is 18.2 Å². The summed E-state index contributed by atoms with van der Waals surface area (Å²) in [5.74, 6) is -0.368. The van der Waals surface area contributed by atoms with Gasteiger partial charge in [0.1, 0.15) is 5.75 Å². The Morgan fingerprint density at radius 1 is 1.23 bits per heavy atom. The lowest BCUT2D eigenvalue weighted by molar-refractivity contribution is -0.0154. The summed E-state index contributed by atoms with van der Waals surface area (Å²) in [7, 11) is 0. The van der Waals surface area contributed by atoms with Gasteiger partial charge in [-0.3, -0.25) is 9.69 Å². The van der Waals surface area contributed by atoms with E-state index in [0.29, 0.717) is 13.2 Å². The number of phenols is 1. The Morgan fingerprint density at radius 2 is 1.92 bits per heavy atom. The number of nitrogens with one attached hydrogen (secondary N) is 1. The third kappa shape index (κ3) is 4.03. The summed E-state index contributed by atoms with van der Waals surface area (Å²) in [5, 5.41) is 23.7. The third-order valence-electron chi connectivity index (χ3n) is 5.52. The van der Waals surface area contributed by atoms with Crippen molar-refractivity contribution in [1.82, 2.24) is 10.2 Å². The lowest BCUT2D eigenvalue weighted by Crippen LogP contribution is -2.51. The molecule has 1 aromatic rings. The molecule has 2 fully saturated rings. The maximum atomic E-state index is 12.7. The summed E-state index contributed by atoms with van der Waals surface area (Å²) < 4.78 is 5.37. The van der Waals surface area contributed by atoms with E-state index in [2.05, 4.69) is 31.0 Å². The first kappa shape index (κ1) is 19.1. The van der Waals surface area contributed by atoms with Gasteiger partial charge in [-0.2, -0.15) is 0 Å².